The van der Waals surface area contributed by atoms with Crippen molar-refractivity contribution >= 4 is 0 Å². The van der Waals surface area contributed by atoms with Crippen molar-refractivity contribution in [2.45, 2.75) is 19.1 Å². The van der Waals surface area contributed by atoms with Gasteiger partial charge in [0, 0.05) is 0 Å². The standard InChI is InChI=1S/C13H16O2/c1-2-6-12(7-3-1)10-14-11-13-8-4-5-9-15-13/h1-7,13H,8-11H2/t13-/m1/s1. The maximum absolute atomic E-state index is 5.60. The number of ether oxygens (including phenoxy) is 2. The van der Waals surface area contributed by atoms with Gasteiger partial charge in [0.15, 0.2) is 0 Å². The third-order valence-electron chi connectivity index (χ3n) is 2.41. The fourth-order valence-corrected chi connectivity index (χ4v) is 1.57. The third kappa shape index (κ3) is 3.50. The molecule has 0 aromatic heterocycles. The normalized spacial score (nSPS) is 20.4. The highest BCUT2D eigenvalue weighted by Gasteiger charge is 2.09. The van der Waals surface area contributed by atoms with Crippen molar-refractivity contribution in [2.24, 2.45) is 0 Å². The van der Waals surface area contributed by atoms with Crippen LogP contribution in [0.3, 0.4) is 0 Å². The van der Waals surface area contributed by atoms with Gasteiger partial charge in [0.1, 0.15) is 0 Å². The van der Waals surface area contributed by atoms with Crippen molar-refractivity contribution in [1.82, 2.24) is 0 Å². The zero-order valence-corrected chi connectivity index (χ0v) is 8.76. The second-order valence-electron chi connectivity index (χ2n) is 3.66. The van der Waals surface area contributed by atoms with Crippen molar-refractivity contribution in [3.05, 3.63) is 48.0 Å². The van der Waals surface area contributed by atoms with Crippen LogP contribution in [-0.2, 0) is 16.1 Å². The molecule has 0 unspecified atom stereocenters. The van der Waals surface area contributed by atoms with Gasteiger partial charge in [0.25, 0.3) is 0 Å². The maximum atomic E-state index is 5.60. The first-order chi connectivity index (χ1) is 7.45. The van der Waals surface area contributed by atoms with Crippen molar-refractivity contribution in [1.29, 1.82) is 0 Å². The van der Waals surface area contributed by atoms with E-state index >= 15 is 0 Å². The van der Waals surface area contributed by atoms with Crippen LogP contribution in [0.5, 0.6) is 0 Å². The molecule has 1 aliphatic heterocycles. The highest BCUT2D eigenvalue weighted by atomic mass is 16.5. The summed E-state index contributed by atoms with van der Waals surface area (Å²) in [6.45, 7) is 2.07. The number of benzene rings is 1. The monoisotopic (exact) mass is 204 g/mol. The molecule has 0 saturated carbocycles. The Morgan fingerprint density at radius 3 is 2.80 bits per heavy atom. The molecule has 80 valence electrons. The molecule has 0 radical (unpaired) electrons. The van der Waals surface area contributed by atoms with E-state index in [0.717, 1.165) is 13.0 Å². The molecule has 1 heterocycles. The summed E-state index contributed by atoms with van der Waals surface area (Å²) < 4.78 is 11.1. The summed E-state index contributed by atoms with van der Waals surface area (Å²) in [5, 5.41) is 0. The predicted molar refractivity (Wildman–Crippen MR) is 59.6 cm³/mol. The smallest absolute Gasteiger partial charge is 0.0847 e. The minimum atomic E-state index is 0.235. The van der Waals surface area contributed by atoms with E-state index in [4.69, 9.17) is 9.47 Å². The van der Waals surface area contributed by atoms with Gasteiger partial charge in [-0.25, -0.2) is 0 Å². The van der Waals surface area contributed by atoms with Crippen LogP contribution < -0.4 is 0 Å². The van der Waals surface area contributed by atoms with Gasteiger partial charge < -0.3 is 9.47 Å². The molecule has 1 aromatic carbocycles. The maximum Gasteiger partial charge on any atom is 0.0847 e. The lowest BCUT2D eigenvalue weighted by Gasteiger charge is -2.18. The second-order valence-corrected chi connectivity index (χ2v) is 3.66. The minimum Gasteiger partial charge on any atom is -0.374 e. The van der Waals surface area contributed by atoms with Gasteiger partial charge in [-0.2, -0.15) is 0 Å². The van der Waals surface area contributed by atoms with Gasteiger partial charge in [0.05, 0.1) is 25.9 Å². The molecule has 15 heavy (non-hydrogen) atoms. The molecule has 0 amide bonds. The molecule has 2 rings (SSSR count). The van der Waals surface area contributed by atoms with Crippen LogP contribution in [0.4, 0.5) is 0 Å². The molecule has 1 atom stereocenters. The quantitative estimate of drug-likeness (QED) is 0.702. The molecule has 2 heteroatoms. The van der Waals surface area contributed by atoms with Crippen LogP contribution in [0.25, 0.3) is 0 Å². The summed E-state index contributed by atoms with van der Waals surface area (Å²) in [5.74, 6) is 0. The summed E-state index contributed by atoms with van der Waals surface area (Å²) in [5.41, 5.74) is 1.21. The fourth-order valence-electron chi connectivity index (χ4n) is 1.57. The Labute approximate surface area is 90.5 Å². The van der Waals surface area contributed by atoms with Crippen molar-refractivity contribution < 1.29 is 9.47 Å². The van der Waals surface area contributed by atoms with E-state index in [2.05, 4.69) is 18.2 Å². The Morgan fingerprint density at radius 2 is 2.07 bits per heavy atom. The summed E-state index contributed by atoms with van der Waals surface area (Å²) in [6, 6.07) is 10.2. The van der Waals surface area contributed by atoms with E-state index < -0.39 is 0 Å². The summed E-state index contributed by atoms with van der Waals surface area (Å²) in [4.78, 5) is 0. The average molecular weight is 204 g/mol. The van der Waals surface area contributed by atoms with Gasteiger partial charge in [0.2, 0.25) is 0 Å². The van der Waals surface area contributed by atoms with Gasteiger partial charge >= 0.3 is 0 Å². The highest BCUT2D eigenvalue weighted by molar-refractivity contribution is 5.13. The van der Waals surface area contributed by atoms with Crippen molar-refractivity contribution in [3.63, 3.8) is 0 Å². The molecular weight excluding hydrogens is 188 g/mol. The van der Waals surface area contributed by atoms with Crippen LogP contribution in [0.1, 0.15) is 12.0 Å². The molecule has 1 aliphatic rings. The van der Waals surface area contributed by atoms with Crippen molar-refractivity contribution in [3.8, 4) is 0 Å². The fraction of sp³-hybridized carbons (Fsp3) is 0.385. The Hall–Kier alpha value is -1.12. The molecule has 1 aromatic rings. The van der Waals surface area contributed by atoms with Crippen molar-refractivity contribution in [2.75, 3.05) is 13.2 Å². The largest absolute Gasteiger partial charge is 0.374 e. The predicted octanol–water partition coefficient (Wildman–Crippen LogP) is 2.55. The zero-order valence-electron chi connectivity index (χ0n) is 8.76. The Morgan fingerprint density at radius 1 is 1.20 bits per heavy atom. The van der Waals surface area contributed by atoms with Crippen LogP contribution >= 0.6 is 0 Å². The summed E-state index contributed by atoms with van der Waals surface area (Å²) in [6.07, 6.45) is 5.40. The Balaban J connectivity index is 1.68. The lowest BCUT2D eigenvalue weighted by atomic mass is 10.2. The minimum absolute atomic E-state index is 0.235. The molecule has 0 N–H and O–H groups in total. The van der Waals surface area contributed by atoms with E-state index in [0.29, 0.717) is 13.2 Å². The first kappa shape index (κ1) is 10.4. The lowest BCUT2D eigenvalue weighted by molar-refractivity contribution is -0.0143. The van der Waals surface area contributed by atoms with Crippen LogP contribution in [0.2, 0.25) is 0 Å². The molecule has 0 aliphatic carbocycles. The van der Waals surface area contributed by atoms with Crippen LogP contribution in [0.15, 0.2) is 42.5 Å². The van der Waals surface area contributed by atoms with Gasteiger partial charge in [-0.1, -0.05) is 42.5 Å². The first-order valence-corrected chi connectivity index (χ1v) is 5.33. The van der Waals surface area contributed by atoms with E-state index in [1.165, 1.54) is 5.56 Å². The number of hydrogen-bond acceptors (Lipinski definition) is 2. The lowest BCUT2D eigenvalue weighted by Crippen LogP contribution is -2.21. The summed E-state index contributed by atoms with van der Waals surface area (Å²) in [7, 11) is 0. The molecule has 0 bridgehead atoms. The Kier molecular flexibility index (Phi) is 3.94. The van der Waals surface area contributed by atoms with E-state index in [1.54, 1.807) is 0 Å². The molecule has 0 fully saturated rings. The number of rotatable bonds is 4. The average Bonchev–Trinajstić information content (AvgIpc) is 2.32. The number of hydrogen-bond donors (Lipinski definition) is 0. The van der Waals surface area contributed by atoms with Crippen LogP contribution in [-0.4, -0.2) is 19.3 Å². The molecule has 2 nitrogen and oxygen atoms in total. The topological polar surface area (TPSA) is 18.5 Å². The van der Waals surface area contributed by atoms with Gasteiger partial charge in [-0.3, -0.25) is 0 Å². The van der Waals surface area contributed by atoms with E-state index in [1.807, 2.05) is 24.3 Å². The molecular formula is C13H16O2. The Bertz CT molecular complexity index is 306. The second kappa shape index (κ2) is 5.69. The third-order valence-corrected chi connectivity index (χ3v) is 2.41. The highest BCUT2D eigenvalue weighted by Crippen LogP contribution is 2.08. The van der Waals surface area contributed by atoms with E-state index in [9.17, 15) is 0 Å². The SMILES string of the molecule is C1=CC[C@H](COCc2ccccc2)OC1. The molecule has 0 spiro atoms. The summed E-state index contributed by atoms with van der Waals surface area (Å²) >= 11 is 0. The van der Waals surface area contributed by atoms with Gasteiger partial charge in [-0.15, -0.1) is 0 Å². The van der Waals surface area contributed by atoms with E-state index in [-0.39, 0.29) is 6.10 Å². The zero-order chi connectivity index (χ0) is 10.3. The van der Waals surface area contributed by atoms with Crippen LogP contribution in [0, 0.1) is 0 Å². The first-order valence-electron chi connectivity index (χ1n) is 5.33. The molecule has 0 saturated heterocycles. The van der Waals surface area contributed by atoms with Gasteiger partial charge in [-0.05, 0) is 12.0 Å².